The average molecular weight is 475 g/mol. The molecule has 0 unspecified atom stereocenters. The molecular formula is C32H34N4. The van der Waals surface area contributed by atoms with E-state index < -0.39 is 0 Å². The molecule has 0 aromatic heterocycles. The maximum Gasteiger partial charge on any atom is 0.177 e. The van der Waals surface area contributed by atoms with Crippen LogP contribution in [0.25, 0.3) is 0 Å². The van der Waals surface area contributed by atoms with Crippen molar-refractivity contribution in [3.8, 4) is 0 Å². The number of hydrogen-bond donors (Lipinski definition) is 0. The summed E-state index contributed by atoms with van der Waals surface area (Å²) >= 11 is 0. The summed E-state index contributed by atoms with van der Waals surface area (Å²) in [6, 6.07) is 33.2. The van der Waals surface area contributed by atoms with Gasteiger partial charge in [0.25, 0.3) is 0 Å². The van der Waals surface area contributed by atoms with Crippen LogP contribution < -0.4 is 9.80 Å². The molecule has 4 aromatic carbocycles. The van der Waals surface area contributed by atoms with Crippen LogP contribution in [0.2, 0.25) is 0 Å². The molecule has 0 fully saturated rings. The van der Waals surface area contributed by atoms with E-state index in [2.05, 4.69) is 112 Å². The van der Waals surface area contributed by atoms with E-state index in [-0.39, 0.29) is 0 Å². The molecular weight excluding hydrogens is 440 g/mol. The van der Waals surface area contributed by atoms with Crippen LogP contribution in [-0.4, -0.2) is 25.8 Å². The largest absolute Gasteiger partial charge is 0.326 e. The second kappa shape index (κ2) is 11.0. The van der Waals surface area contributed by atoms with Gasteiger partial charge < -0.3 is 9.80 Å². The summed E-state index contributed by atoms with van der Waals surface area (Å²) in [5, 5.41) is 0. The predicted molar refractivity (Wildman–Crippen MR) is 156 cm³/mol. The van der Waals surface area contributed by atoms with Crippen LogP contribution in [0.4, 0.5) is 22.7 Å². The van der Waals surface area contributed by atoms with Gasteiger partial charge in [0, 0.05) is 25.5 Å². The molecule has 182 valence electrons. The minimum Gasteiger partial charge on any atom is -0.326 e. The van der Waals surface area contributed by atoms with Crippen LogP contribution in [0.15, 0.2) is 107 Å². The lowest BCUT2D eigenvalue weighted by Gasteiger charge is -2.29. The first kappa shape index (κ1) is 24.9. The topological polar surface area (TPSA) is 31.2 Å². The van der Waals surface area contributed by atoms with Crippen LogP contribution in [0.1, 0.15) is 22.3 Å². The van der Waals surface area contributed by atoms with Crippen LogP contribution >= 0.6 is 0 Å². The Hall–Kier alpha value is -4.18. The van der Waals surface area contributed by atoms with Gasteiger partial charge in [0.2, 0.25) is 0 Å². The number of amidine groups is 2. The maximum absolute atomic E-state index is 5.31. The molecule has 0 saturated carbocycles. The Kier molecular flexibility index (Phi) is 7.65. The minimum atomic E-state index is 0.771. The zero-order chi connectivity index (χ0) is 25.7. The summed E-state index contributed by atoms with van der Waals surface area (Å²) in [6.45, 7) is 8.43. The highest BCUT2D eigenvalue weighted by molar-refractivity contribution is 6.50. The molecule has 36 heavy (non-hydrogen) atoms. The second-order valence-corrected chi connectivity index (χ2v) is 9.14. The maximum atomic E-state index is 5.31. The van der Waals surface area contributed by atoms with Gasteiger partial charge in [-0.2, -0.15) is 0 Å². The van der Waals surface area contributed by atoms with Gasteiger partial charge >= 0.3 is 0 Å². The summed E-state index contributed by atoms with van der Waals surface area (Å²) in [6.07, 6.45) is 0. The van der Waals surface area contributed by atoms with Crippen molar-refractivity contribution in [2.75, 3.05) is 23.9 Å². The SMILES string of the molecule is Cc1cccc(C)c1N=C(C(=Nc1c(C)cccc1C)N(C)c1ccccc1)N(C)c1ccccc1. The fraction of sp³-hybridized carbons (Fsp3) is 0.188. The standard InChI is InChI=1S/C32H34N4/c1-23-15-13-16-24(2)29(23)33-31(35(5)27-19-9-7-10-20-27)32(36(6)28-21-11-8-12-22-28)34-30-25(3)17-14-18-26(30)4/h7-22H,1-6H3. The number of benzene rings is 4. The first-order chi connectivity index (χ1) is 17.4. The Morgan fingerprint density at radius 2 is 0.750 bits per heavy atom. The van der Waals surface area contributed by atoms with E-state index >= 15 is 0 Å². The summed E-state index contributed by atoms with van der Waals surface area (Å²) in [7, 11) is 4.11. The summed E-state index contributed by atoms with van der Waals surface area (Å²) in [4.78, 5) is 14.9. The van der Waals surface area contributed by atoms with Crippen molar-refractivity contribution in [1.29, 1.82) is 0 Å². The number of anilines is 2. The van der Waals surface area contributed by atoms with Gasteiger partial charge in [0.1, 0.15) is 0 Å². The van der Waals surface area contributed by atoms with Crippen LogP contribution in [0, 0.1) is 27.7 Å². The third-order valence-electron chi connectivity index (χ3n) is 6.44. The third-order valence-corrected chi connectivity index (χ3v) is 6.44. The van der Waals surface area contributed by atoms with Gasteiger partial charge in [0.05, 0.1) is 11.4 Å². The molecule has 0 aliphatic rings. The van der Waals surface area contributed by atoms with Crippen molar-refractivity contribution < 1.29 is 0 Å². The lowest BCUT2D eigenvalue weighted by atomic mass is 10.1. The number of nitrogens with zero attached hydrogens (tertiary/aromatic N) is 4. The van der Waals surface area contributed by atoms with E-state index in [4.69, 9.17) is 9.98 Å². The highest BCUT2D eigenvalue weighted by Gasteiger charge is 2.23. The zero-order valence-electron chi connectivity index (χ0n) is 22.0. The van der Waals surface area contributed by atoms with Crippen LogP contribution in [0.3, 0.4) is 0 Å². The Morgan fingerprint density at radius 3 is 1.06 bits per heavy atom. The molecule has 4 nitrogen and oxygen atoms in total. The quantitative estimate of drug-likeness (QED) is 0.222. The van der Waals surface area contributed by atoms with Gasteiger partial charge in [-0.1, -0.05) is 72.8 Å². The molecule has 0 atom stereocenters. The highest BCUT2D eigenvalue weighted by Crippen LogP contribution is 2.29. The van der Waals surface area contributed by atoms with E-state index in [9.17, 15) is 0 Å². The number of aliphatic imine (C=N–C) groups is 2. The smallest absolute Gasteiger partial charge is 0.177 e. The van der Waals surface area contributed by atoms with Gasteiger partial charge in [-0.05, 0) is 74.2 Å². The van der Waals surface area contributed by atoms with E-state index in [1.54, 1.807) is 0 Å². The average Bonchev–Trinajstić information content (AvgIpc) is 2.89. The Bertz CT molecular complexity index is 1240. The molecule has 0 N–H and O–H groups in total. The van der Waals surface area contributed by atoms with Crippen molar-refractivity contribution in [3.05, 3.63) is 119 Å². The lowest BCUT2D eigenvalue weighted by Crippen LogP contribution is -2.42. The van der Waals surface area contributed by atoms with E-state index in [0.717, 1.165) is 56.7 Å². The molecule has 0 heterocycles. The van der Waals surface area contributed by atoms with Gasteiger partial charge in [0.15, 0.2) is 11.7 Å². The molecule has 4 heteroatoms. The minimum absolute atomic E-state index is 0.771. The number of para-hydroxylation sites is 4. The van der Waals surface area contributed by atoms with Crippen molar-refractivity contribution in [3.63, 3.8) is 0 Å². The van der Waals surface area contributed by atoms with Crippen molar-refractivity contribution in [2.45, 2.75) is 27.7 Å². The number of hydrogen-bond acceptors (Lipinski definition) is 2. The predicted octanol–water partition coefficient (Wildman–Crippen LogP) is 7.95. The fourth-order valence-corrected chi connectivity index (χ4v) is 4.27. The van der Waals surface area contributed by atoms with E-state index in [1.807, 2.05) is 36.4 Å². The Balaban J connectivity index is 2.02. The molecule has 0 saturated heterocycles. The van der Waals surface area contributed by atoms with Gasteiger partial charge in [-0.25, -0.2) is 9.98 Å². The first-order valence-corrected chi connectivity index (χ1v) is 12.2. The molecule has 4 aromatic rings. The van der Waals surface area contributed by atoms with Crippen molar-refractivity contribution in [2.24, 2.45) is 9.98 Å². The number of likely N-dealkylation sites (N-methyl/N-ethyl adjacent to an activating group) is 2. The number of rotatable bonds is 4. The lowest BCUT2D eigenvalue weighted by molar-refractivity contribution is 1.20. The van der Waals surface area contributed by atoms with Crippen LogP contribution in [-0.2, 0) is 0 Å². The molecule has 0 amide bonds. The molecule has 0 spiro atoms. The second-order valence-electron chi connectivity index (χ2n) is 9.14. The summed E-state index contributed by atoms with van der Waals surface area (Å²) in [5.41, 5.74) is 8.52. The number of aryl methyl sites for hydroxylation is 4. The van der Waals surface area contributed by atoms with Gasteiger partial charge in [-0.15, -0.1) is 0 Å². The van der Waals surface area contributed by atoms with E-state index in [1.165, 1.54) is 0 Å². The zero-order valence-corrected chi connectivity index (χ0v) is 22.0. The van der Waals surface area contributed by atoms with Crippen molar-refractivity contribution >= 4 is 34.4 Å². The fourth-order valence-electron chi connectivity index (χ4n) is 4.27. The Labute approximate surface area is 215 Å². The molecule has 0 bridgehead atoms. The monoisotopic (exact) mass is 474 g/mol. The molecule has 0 aliphatic carbocycles. The summed E-state index contributed by atoms with van der Waals surface area (Å²) < 4.78 is 0. The first-order valence-electron chi connectivity index (χ1n) is 12.2. The van der Waals surface area contributed by atoms with Crippen molar-refractivity contribution in [1.82, 2.24) is 0 Å². The highest BCUT2D eigenvalue weighted by atomic mass is 15.3. The Morgan fingerprint density at radius 1 is 0.444 bits per heavy atom. The van der Waals surface area contributed by atoms with Crippen LogP contribution in [0.5, 0.6) is 0 Å². The molecule has 4 rings (SSSR count). The van der Waals surface area contributed by atoms with Gasteiger partial charge in [-0.3, -0.25) is 0 Å². The van der Waals surface area contributed by atoms with E-state index in [0.29, 0.717) is 0 Å². The molecule has 0 aliphatic heterocycles. The normalized spacial score (nSPS) is 11.9. The summed E-state index contributed by atoms with van der Waals surface area (Å²) in [5.74, 6) is 1.54. The third kappa shape index (κ3) is 5.38. The molecule has 0 radical (unpaired) electrons.